The second-order valence-electron chi connectivity index (χ2n) is 2.81. The number of pyridine rings is 1. The van der Waals surface area contributed by atoms with Crippen LogP contribution in [-0.2, 0) is 4.74 Å². The molecule has 6 heteroatoms. The Kier molecular flexibility index (Phi) is 2.24. The van der Waals surface area contributed by atoms with Gasteiger partial charge < -0.3 is 9.47 Å². The van der Waals surface area contributed by atoms with E-state index in [2.05, 4.69) is 14.9 Å². The van der Waals surface area contributed by atoms with Crippen LogP contribution in [0.2, 0.25) is 0 Å². The Labute approximate surface area is 85.4 Å². The van der Waals surface area contributed by atoms with Crippen LogP contribution < -0.4 is 4.74 Å². The molecule has 2 aromatic rings. The summed E-state index contributed by atoms with van der Waals surface area (Å²) in [6.07, 6.45) is 1.47. The molecule has 0 fully saturated rings. The van der Waals surface area contributed by atoms with Gasteiger partial charge in [-0.2, -0.15) is 0 Å². The highest BCUT2D eigenvalue weighted by Crippen LogP contribution is 2.20. The van der Waals surface area contributed by atoms with Crippen LogP contribution >= 0.6 is 0 Å². The summed E-state index contributed by atoms with van der Waals surface area (Å²) < 4.78 is 11.3. The molecule has 0 bridgehead atoms. The number of carbonyl (C=O) groups excluding carboxylic acids is 1. The molecule has 78 valence electrons. The molecule has 15 heavy (non-hydrogen) atoms. The Morgan fingerprint density at radius 3 is 2.87 bits per heavy atom. The van der Waals surface area contributed by atoms with Crippen LogP contribution in [0.25, 0.3) is 5.65 Å². The van der Waals surface area contributed by atoms with E-state index in [1.807, 2.05) is 0 Å². The SMILES string of the molecule is COC(=O)c1ccc2nncn2c1OC. The van der Waals surface area contributed by atoms with Gasteiger partial charge in [-0.3, -0.25) is 4.40 Å². The molecule has 6 nitrogen and oxygen atoms in total. The second-order valence-corrected chi connectivity index (χ2v) is 2.81. The van der Waals surface area contributed by atoms with E-state index in [9.17, 15) is 4.79 Å². The van der Waals surface area contributed by atoms with Gasteiger partial charge in [0.1, 0.15) is 11.9 Å². The third-order valence-electron chi connectivity index (χ3n) is 2.02. The van der Waals surface area contributed by atoms with Crippen molar-refractivity contribution in [1.82, 2.24) is 14.6 Å². The molecule has 0 aromatic carbocycles. The van der Waals surface area contributed by atoms with Crippen LogP contribution in [0.3, 0.4) is 0 Å². The highest BCUT2D eigenvalue weighted by molar-refractivity contribution is 5.92. The van der Waals surface area contributed by atoms with Crippen LogP contribution in [0.1, 0.15) is 10.4 Å². The van der Waals surface area contributed by atoms with Crippen molar-refractivity contribution in [3.8, 4) is 5.88 Å². The molecule has 0 unspecified atom stereocenters. The third-order valence-corrected chi connectivity index (χ3v) is 2.02. The standard InChI is InChI=1S/C9H9N3O3/c1-14-8-6(9(13)15-2)3-4-7-11-10-5-12(7)8/h3-5H,1-2H3. The van der Waals surface area contributed by atoms with E-state index in [1.54, 1.807) is 16.5 Å². The van der Waals surface area contributed by atoms with Gasteiger partial charge in [0.15, 0.2) is 5.65 Å². The van der Waals surface area contributed by atoms with E-state index in [0.29, 0.717) is 17.1 Å². The zero-order valence-corrected chi connectivity index (χ0v) is 8.30. The molecule has 2 rings (SSSR count). The molecule has 2 heterocycles. The first-order valence-electron chi connectivity index (χ1n) is 4.23. The number of nitrogens with zero attached hydrogens (tertiary/aromatic N) is 3. The van der Waals surface area contributed by atoms with Crippen molar-refractivity contribution in [1.29, 1.82) is 0 Å². The van der Waals surface area contributed by atoms with Gasteiger partial charge in [0.05, 0.1) is 14.2 Å². The van der Waals surface area contributed by atoms with Crippen molar-refractivity contribution in [3.63, 3.8) is 0 Å². The number of rotatable bonds is 2. The predicted octanol–water partition coefficient (Wildman–Crippen LogP) is 0.524. The first kappa shape index (κ1) is 9.45. The van der Waals surface area contributed by atoms with Crippen molar-refractivity contribution in [2.24, 2.45) is 0 Å². The summed E-state index contributed by atoms with van der Waals surface area (Å²) in [4.78, 5) is 11.4. The van der Waals surface area contributed by atoms with E-state index < -0.39 is 5.97 Å². The van der Waals surface area contributed by atoms with E-state index >= 15 is 0 Å². The van der Waals surface area contributed by atoms with Gasteiger partial charge in [-0.15, -0.1) is 10.2 Å². The van der Waals surface area contributed by atoms with Crippen molar-refractivity contribution in [3.05, 3.63) is 24.0 Å². The van der Waals surface area contributed by atoms with Gasteiger partial charge in [0.25, 0.3) is 0 Å². The minimum absolute atomic E-state index is 0.340. The fourth-order valence-corrected chi connectivity index (χ4v) is 1.35. The van der Waals surface area contributed by atoms with Crippen molar-refractivity contribution >= 4 is 11.6 Å². The second kappa shape index (κ2) is 3.56. The van der Waals surface area contributed by atoms with Gasteiger partial charge in [-0.25, -0.2) is 4.79 Å². The molecule has 0 aliphatic rings. The summed E-state index contributed by atoms with van der Waals surface area (Å²) >= 11 is 0. The minimum atomic E-state index is -0.456. The van der Waals surface area contributed by atoms with Crippen LogP contribution in [-0.4, -0.2) is 34.8 Å². The van der Waals surface area contributed by atoms with Crippen molar-refractivity contribution < 1.29 is 14.3 Å². The number of ether oxygens (including phenoxy) is 2. The average Bonchev–Trinajstić information content (AvgIpc) is 2.74. The maximum Gasteiger partial charge on any atom is 0.343 e. The van der Waals surface area contributed by atoms with Gasteiger partial charge in [0, 0.05) is 0 Å². The number of fused-ring (bicyclic) bond motifs is 1. The molecule has 0 atom stereocenters. The van der Waals surface area contributed by atoms with E-state index in [0.717, 1.165) is 0 Å². The van der Waals surface area contributed by atoms with Gasteiger partial charge in [0.2, 0.25) is 5.88 Å². The first-order chi connectivity index (χ1) is 7.27. The van der Waals surface area contributed by atoms with Gasteiger partial charge in [-0.05, 0) is 12.1 Å². The lowest BCUT2D eigenvalue weighted by molar-refractivity contribution is 0.0596. The lowest BCUT2D eigenvalue weighted by Crippen LogP contribution is -2.07. The molecule has 0 radical (unpaired) electrons. The minimum Gasteiger partial charge on any atom is -0.481 e. The zero-order valence-electron chi connectivity index (χ0n) is 8.30. The van der Waals surface area contributed by atoms with E-state index in [4.69, 9.17) is 4.74 Å². The molecule has 0 saturated heterocycles. The summed E-state index contributed by atoms with van der Waals surface area (Å²) in [5.41, 5.74) is 0.951. The largest absolute Gasteiger partial charge is 0.481 e. The summed E-state index contributed by atoms with van der Waals surface area (Å²) in [5, 5.41) is 7.55. The van der Waals surface area contributed by atoms with E-state index in [1.165, 1.54) is 20.5 Å². The summed E-state index contributed by atoms with van der Waals surface area (Å²) in [6.45, 7) is 0. The number of methoxy groups -OCH3 is 2. The number of carbonyl (C=O) groups is 1. The number of aromatic nitrogens is 3. The topological polar surface area (TPSA) is 65.7 Å². The lowest BCUT2D eigenvalue weighted by Gasteiger charge is -2.07. The smallest absolute Gasteiger partial charge is 0.343 e. The van der Waals surface area contributed by atoms with Gasteiger partial charge in [-0.1, -0.05) is 0 Å². The number of hydrogen-bond donors (Lipinski definition) is 0. The Balaban J connectivity index is 2.69. The molecule has 0 saturated carbocycles. The highest BCUT2D eigenvalue weighted by Gasteiger charge is 2.16. The first-order valence-corrected chi connectivity index (χ1v) is 4.23. The maximum atomic E-state index is 11.4. The Bertz CT molecular complexity index is 506. The molecule has 2 aromatic heterocycles. The molecule has 0 amide bonds. The number of hydrogen-bond acceptors (Lipinski definition) is 5. The molecule has 0 spiro atoms. The fraction of sp³-hybridized carbons (Fsp3) is 0.222. The summed E-state index contributed by atoms with van der Waals surface area (Å²) in [6, 6.07) is 3.26. The zero-order chi connectivity index (χ0) is 10.8. The molecule has 0 aliphatic carbocycles. The van der Waals surface area contributed by atoms with Crippen LogP contribution in [0.4, 0.5) is 0 Å². The molecule has 0 aliphatic heterocycles. The quantitative estimate of drug-likeness (QED) is 0.672. The van der Waals surface area contributed by atoms with Crippen molar-refractivity contribution in [2.75, 3.05) is 14.2 Å². The fourth-order valence-electron chi connectivity index (χ4n) is 1.35. The van der Waals surface area contributed by atoms with Crippen molar-refractivity contribution in [2.45, 2.75) is 0 Å². The Morgan fingerprint density at radius 1 is 1.40 bits per heavy atom. The normalized spacial score (nSPS) is 10.3. The van der Waals surface area contributed by atoms with Crippen LogP contribution in [0.5, 0.6) is 5.88 Å². The summed E-state index contributed by atoms with van der Waals surface area (Å²) in [7, 11) is 2.79. The Morgan fingerprint density at radius 2 is 2.20 bits per heavy atom. The highest BCUT2D eigenvalue weighted by atomic mass is 16.5. The third kappa shape index (κ3) is 1.39. The maximum absolute atomic E-state index is 11.4. The predicted molar refractivity (Wildman–Crippen MR) is 50.9 cm³/mol. The van der Waals surface area contributed by atoms with Crippen LogP contribution in [0, 0.1) is 0 Å². The molecule has 0 N–H and O–H groups in total. The molecular weight excluding hydrogens is 198 g/mol. The summed E-state index contributed by atoms with van der Waals surface area (Å²) in [5.74, 6) is -0.0909. The van der Waals surface area contributed by atoms with Gasteiger partial charge >= 0.3 is 5.97 Å². The van der Waals surface area contributed by atoms with Crippen LogP contribution in [0.15, 0.2) is 18.5 Å². The Hall–Kier alpha value is -2.11. The average molecular weight is 207 g/mol. The lowest BCUT2D eigenvalue weighted by atomic mass is 10.2. The molecular formula is C9H9N3O3. The van der Waals surface area contributed by atoms with E-state index in [-0.39, 0.29) is 0 Å². The monoisotopic (exact) mass is 207 g/mol. The number of esters is 1.